The summed E-state index contributed by atoms with van der Waals surface area (Å²) in [4.78, 5) is 24.6. The third-order valence-electron chi connectivity index (χ3n) is 3.92. The Hall–Kier alpha value is -3.40. The first kappa shape index (κ1) is 16.5. The van der Waals surface area contributed by atoms with Gasteiger partial charge in [-0.2, -0.15) is 5.26 Å². The smallest absolute Gasteiger partial charge is 0.331 e. The van der Waals surface area contributed by atoms with Crippen LogP contribution in [-0.4, -0.2) is 14.3 Å². The monoisotopic (exact) mass is 336 g/mol. The van der Waals surface area contributed by atoms with Gasteiger partial charge < -0.3 is 4.52 Å². The molecular formula is C18H16N4O3. The number of nitrogens with zero attached hydrogens (tertiary/aromatic N) is 4. The van der Waals surface area contributed by atoms with Crippen molar-refractivity contribution in [2.24, 2.45) is 0 Å². The lowest BCUT2D eigenvalue weighted by Gasteiger charge is -2.07. The van der Waals surface area contributed by atoms with Gasteiger partial charge in [-0.3, -0.25) is 13.9 Å². The number of aromatic nitrogens is 3. The average Bonchev–Trinajstić information content (AvgIpc) is 3.08. The molecule has 0 aliphatic heterocycles. The summed E-state index contributed by atoms with van der Waals surface area (Å²) in [7, 11) is 0. The number of hydrogen-bond acceptors (Lipinski definition) is 5. The highest BCUT2D eigenvalue weighted by Crippen LogP contribution is 2.19. The summed E-state index contributed by atoms with van der Waals surface area (Å²) in [5.74, 6) is 0.368. The Morgan fingerprint density at radius 1 is 1.24 bits per heavy atom. The molecule has 0 amide bonds. The minimum Gasteiger partial charge on any atom is -0.359 e. The van der Waals surface area contributed by atoms with Crippen LogP contribution < -0.4 is 11.2 Å². The molecule has 25 heavy (non-hydrogen) atoms. The van der Waals surface area contributed by atoms with E-state index in [1.54, 1.807) is 13.0 Å². The zero-order valence-electron chi connectivity index (χ0n) is 13.9. The van der Waals surface area contributed by atoms with Gasteiger partial charge in [0.15, 0.2) is 5.76 Å². The minimum absolute atomic E-state index is 0.0773. The molecule has 0 fully saturated rings. The molecule has 0 radical (unpaired) electrons. The van der Waals surface area contributed by atoms with Crippen molar-refractivity contribution in [3.05, 3.63) is 74.3 Å². The molecule has 2 aromatic heterocycles. The number of benzene rings is 1. The standard InChI is InChI=1S/C18H16N4O3/c1-3-21-10-14(9-19)17(23)22(18(21)24)11-15-8-16(20-25-15)13-6-4-12(2)5-7-13/h4-8,10H,3,11H2,1-2H3. The van der Waals surface area contributed by atoms with Gasteiger partial charge in [-0.15, -0.1) is 0 Å². The Morgan fingerprint density at radius 3 is 2.60 bits per heavy atom. The molecule has 1 aromatic carbocycles. The van der Waals surface area contributed by atoms with Gasteiger partial charge in [-0.1, -0.05) is 35.0 Å². The minimum atomic E-state index is -0.634. The molecule has 0 bridgehead atoms. The molecule has 0 unspecified atom stereocenters. The van der Waals surface area contributed by atoms with Crippen molar-refractivity contribution in [3.8, 4) is 17.3 Å². The lowest BCUT2D eigenvalue weighted by Crippen LogP contribution is -2.40. The summed E-state index contributed by atoms with van der Waals surface area (Å²) >= 11 is 0. The fourth-order valence-corrected chi connectivity index (χ4v) is 2.50. The molecule has 3 aromatic rings. The van der Waals surface area contributed by atoms with E-state index in [4.69, 9.17) is 9.78 Å². The van der Waals surface area contributed by atoms with Crippen LogP contribution in [0.3, 0.4) is 0 Å². The van der Waals surface area contributed by atoms with Gasteiger partial charge >= 0.3 is 5.69 Å². The van der Waals surface area contributed by atoms with E-state index in [-0.39, 0.29) is 12.1 Å². The van der Waals surface area contributed by atoms with Crippen LogP contribution in [0.1, 0.15) is 23.8 Å². The van der Waals surface area contributed by atoms with Gasteiger partial charge in [0, 0.05) is 24.4 Å². The van der Waals surface area contributed by atoms with Gasteiger partial charge in [0.2, 0.25) is 0 Å². The first-order valence-corrected chi connectivity index (χ1v) is 7.80. The molecule has 7 nitrogen and oxygen atoms in total. The van der Waals surface area contributed by atoms with Crippen molar-refractivity contribution in [1.82, 2.24) is 14.3 Å². The van der Waals surface area contributed by atoms with Crippen molar-refractivity contribution < 1.29 is 4.52 Å². The second-order valence-corrected chi connectivity index (χ2v) is 5.66. The van der Waals surface area contributed by atoms with E-state index in [9.17, 15) is 9.59 Å². The first-order valence-electron chi connectivity index (χ1n) is 7.80. The zero-order chi connectivity index (χ0) is 18.0. The van der Waals surface area contributed by atoms with Crippen LogP contribution in [0.25, 0.3) is 11.3 Å². The van der Waals surface area contributed by atoms with Crippen molar-refractivity contribution in [2.75, 3.05) is 0 Å². The fraction of sp³-hybridized carbons (Fsp3) is 0.222. The normalized spacial score (nSPS) is 10.6. The molecule has 0 aliphatic carbocycles. The molecule has 0 N–H and O–H groups in total. The van der Waals surface area contributed by atoms with Crippen LogP contribution >= 0.6 is 0 Å². The van der Waals surface area contributed by atoms with Crippen LogP contribution in [-0.2, 0) is 13.1 Å². The molecule has 0 saturated carbocycles. The van der Waals surface area contributed by atoms with E-state index in [1.807, 2.05) is 37.3 Å². The third-order valence-corrected chi connectivity index (χ3v) is 3.92. The topological polar surface area (TPSA) is 93.8 Å². The van der Waals surface area contributed by atoms with Crippen molar-refractivity contribution >= 4 is 0 Å². The molecule has 7 heteroatoms. The summed E-state index contributed by atoms with van der Waals surface area (Å²) in [5, 5.41) is 13.1. The predicted molar refractivity (Wildman–Crippen MR) is 91.1 cm³/mol. The maximum Gasteiger partial charge on any atom is 0.331 e. The quantitative estimate of drug-likeness (QED) is 0.725. The number of aryl methyl sites for hydroxylation is 2. The Bertz CT molecular complexity index is 1070. The van der Waals surface area contributed by atoms with E-state index in [1.165, 1.54) is 10.8 Å². The summed E-state index contributed by atoms with van der Waals surface area (Å²) in [6.45, 7) is 4.04. The van der Waals surface area contributed by atoms with Crippen molar-refractivity contribution in [2.45, 2.75) is 26.9 Å². The highest BCUT2D eigenvalue weighted by molar-refractivity contribution is 5.59. The largest absolute Gasteiger partial charge is 0.359 e. The van der Waals surface area contributed by atoms with E-state index in [2.05, 4.69) is 5.16 Å². The second kappa shape index (κ2) is 6.61. The van der Waals surface area contributed by atoms with Gasteiger partial charge in [0.05, 0.1) is 6.54 Å². The lowest BCUT2D eigenvalue weighted by atomic mass is 10.1. The number of rotatable bonds is 4. The molecule has 0 spiro atoms. The highest BCUT2D eigenvalue weighted by Gasteiger charge is 2.14. The Morgan fingerprint density at radius 2 is 1.96 bits per heavy atom. The average molecular weight is 336 g/mol. The Balaban J connectivity index is 1.99. The third kappa shape index (κ3) is 3.15. The zero-order valence-corrected chi connectivity index (χ0v) is 13.9. The van der Waals surface area contributed by atoms with E-state index in [0.29, 0.717) is 18.0 Å². The van der Waals surface area contributed by atoms with Crippen molar-refractivity contribution in [3.63, 3.8) is 0 Å². The first-order chi connectivity index (χ1) is 12.0. The van der Waals surface area contributed by atoms with Crippen molar-refractivity contribution in [1.29, 1.82) is 5.26 Å². The maximum atomic E-state index is 12.4. The van der Waals surface area contributed by atoms with E-state index in [0.717, 1.165) is 15.7 Å². The summed E-state index contributed by atoms with van der Waals surface area (Å²) in [6.07, 6.45) is 1.28. The fourth-order valence-electron chi connectivity index (χ4n) is 2.50. The predicted octanol–water partition coefficient (Wildman–Crippen LogP) is 1.91. The van der Waals surface area contributed by atoms with E-state index >= 15 is 0 Å². The Kier molecular flexibility index (Phi) is 4.35. The van der Waals surface area contributed by atoms with Crippen LogP contribution in [0, 0.1) is 18.3 Å². The molecule has 2 heterocycles. The summed E-state index contributed by atoms with van der Waals surface area (Å²) < 4.78 is 7.57. The lowest BCUT2D eigenvalue weighted by molar-refractivity contribution is 0.372. The van der Waals surface area contributed by atoms with Gasteiger partial charge in [0.1, 0.15) is 17.3 Å². The summed E-state index contributed by atoms with van der Waals surface area (Å²) in [5.41, 5.74) is 1.43. The molecular weight excluding hydrogens is 320 g/mol. The SMILES string of the molecule is CCn1cc(C#N)c(=O)n(Cc2cc(-c3ccc(C)cc3)no2)c1=O. The molecule has 0 atom stereocenters. The highest BCUT2D eigenvalue weighted by atomic mass is 16.5. The second-order valence-electron chi connectivity index (χ2n) is 5.66. The van der Waals surface area contributed by atoms with Crippen LogP contribution in [0.5, 0.6) is 0 Å². The summed E-state index contributed by atoms with van der Waals surface area (Å²) in [6, 6.07) is 11.3. The van der Waals surface area contributed by atoms with Crippen LogP contribution in [0.4, 0.5) is 0 Å². The maximum absolute atomic E-state index is 12.4. The molecule has 126 valence electrons. The van der Waals surface area contributed by atoms with Crippen LogP contribution in [0.15, 0.2) is 50.6 Å². The number of hydrogen-bond donors (Lipinski definition) is 0. The Labute approximate surface area is 143 Å². The number of nitriles is 1. The van der Waals surface area contributed by atoms with Gasteiger partial charge in [-0.05, 0) is 13.8 Å². The van der Waals surface area contributed by atoms with Gasteiger partial charge in [-0.25, -0.2) is 4.79 Å². The molecule has 3 rings (SSSR count). The van der Waals surface area contributed by atoms with Gasteiger partial charge in [0.25, 0.3) is 5.56 Å². The molecule has 0 aliphatic rings. The van der Waals surface area contributed by atoms with Crippen LogP contribution in [0.2, 0.25) is 0 Å². The van der Waals surface area contributed by atoms with E-state index < -0.39 is 11.2 Å². The molecule has 0 saturated heterocycles.